The fourth-order valence-corrected chi connectivity index (χ4v) is 2.42. The predicted octanol–water partition coefficient (Wildman–Crippen LogP) is 4.66. The molecule has 2 aromatic rings. The molecule has 1 unspecified atom stereocenters. The lowest BCUT2D eigenvalue weighted by Crippen LogP contribution is -2.12. The average Bonchev–Trinajstić information content (AvgIpc) is 2.41. The third-order valence-electron chi connectivity index (χ3n) is 2.92. The van der Waals surface area contributed by atoms with Crippen molar-refractivity contribution in [3.8, 4) is 11.5 Å². The Morgan fingerprint density at radius 3 is 2.32 bits per heavy atom. The second kappa shape index (κ2) is 6.17. The van der Waals surface area contributed by atoms with Crippen LogP contribution in [0.1, 0.15) is 18.5 Å². The number of benzene rings is 2. The molecule has 19 heavy (non-hydrogen) atoms. The van der Waals surface area contributed by atoms with Crippen LogP contribution in [0.2, 0.25) is 0 Å². The molecule has 1 atom stereocenters. The van der Waals surface area contributed by atoms with Gasteiger partial charge in [0, 0.05) is 10.5 Å². The highest BCUT2D eigenvalue weighted by atomic mass is 79.9. The lowest BCUT2D eigenvalue weighted by atomic mass is 10.1. The number of hydrogen-bond donors (Lipinski definition) is 1. The first-order valence-corrected chi connectivity index (χ1v) is 6.79. The summed E-state index contributed by atoms with van der Waals surface area (Å²) in [7, 11) is 1.92. The van der Waals surface area contributed by atoms with Gasteiger partial charge in [-0.1, -0.05) is 22.0 Å². The third kappa shape index (κ3) is 3.55. The zero-order chi connectivity index (χ0) is 13.8. The molecule has 0 fully saturated rings. The van der Waals surface area contributed by atoms with E-state index in [0.29, 0.717) is 11.5 Å². The van der Waals surface area contributed by atoms with Crippen LogP contribution in [0.5, 0.6) is 11.5 Å². The summed E-state index contributed by atoms with van der Waals surface area (Å²) in [4.78, 5) is 0. The maximum Gasteiger partial charge on any atom is 0.128 e. The van der Waals surface area contributed by atoms with E-state index in [0.717, 1.165) is 10.0 Å². The minimum Gasteiger partial charge on any atom is -0.457 e. The van der Waals surface area contributed by atoms with Gasteiger partial charge in [0.1, 0.15) is 17.3 Å². The van der Waals surface area contributed by atoms with Gasteiger partial charge in [0.2, 0.25) is 0 Å². The SMILES string of the molecule is CNC(C)c1ccc(Oc2ccc(F)cc2)cc1Br. The van der Waals surface area contributed by atoms with Crippen LogP contribution in [0.15, 0.2) is 46.9 Å². The molecule has 0 aromatic heterocycles. The Hall–Kier alpha value is -1.39. The Balaban J connectivity index is 2.18. The number of nitrogens with one attached hydrogen (secondary N) is 1. The second-order valence-corrected chi connectivity index (χ2v) is 5.10. The van der Waals surface area contributed by atoms with Crippen molar-refractivity contribution in [3.63, 3.8) is 0 Å². The molecule has 0 amide bonds. The quantitative estimate of drug-likeness (QED) is 0.883. The molecule has 0 saturated carbocycles. The summed E-state index contributed by atoms with van der Waals surface area (Å²) in [5.41, 5.74) is 1.16. The monoisotopic (exact) mass is 323 g/mol. The van der Waals surface area contributed by atoms with Crippen LogP contribution in [0.25, 0.3) is 0 Å². The van der Waals surface area contributed by atoms with Gasteiger partial charge in [-0.3, -0.25) is 0 Å². The minimum atomic E-state index is -0.272. The molecule has 0 aliphatic rings. The van der Waals surface area contributed by atoms with Gasteiger partial charge in [0.05, 0.1) is 0 Å². The molecule has 0 radical (unpaired) electrons. The molecule has 1 N–H and O–H groups in total. The number of rotatable bonds is 4. The summed E-state index contributed by atoms with van der Waals surface area (Å²) in [6, 6.07) is 12.0. The lowest BCUT2D eigenvalue weighted by molar-refractivity contribution is 0.479. The summed E-state index contributed by atoms with van der Waals surface area (Å²) in [5.74, 6) is 1.06. The first-order chi connectivity index (χ1) is 9.10. The van der Waals surface area contributed by atoms with Gasteiger partial charge in [0.15, 0.2) is 0 Å². The molecular formula is C15H15BrFNO. The Kier molecular flexibility index (Phi) is 4.56. The predicted molar refractivity (Wildman–Crippen MR) is 78.1 cm³/mol. The summed E-state index contributed by atoms with van der Waals surface area (Å²) >= 11 is 3.53. The van der Waals surface area contributed by atoms with E-state index in [2.05, 4.69) is 28.2 Å². The lowest BCUT2D eigenvalue weighted by Gasteiger charge is -2.14. The molecule has 2 aromatic carbocycles. The highest BCUT2D eigenvalue weighted by molar-refractivity contribution is 9.10. The van der Waals surface area contributed by atoms with E-state index in [1.165, 1.54) is 12.1 Å². The molecule has 2 rings (SSSR count). The van der Waals surface area contributed by atoms with Crippen molar-refractivity contribution in [1.29, 1.82) is 0 Å². The van der Waals surface area contributed by atoms with E-state index in [1.807, 2.05) is 25.2 Å². The van der Waals surface area contributed by atoms with E-state index in [-0.39, 0.29) is 11.9 Å². The van der Waals surface area contributed by atoms with Crippen LogP contribution in [-0.4, -0.2) is 7.05 Å². The summed E-state index contributed by atoms with van der Waals surface area (Å²) in [6.45, 7) is 2.08. The van der Waals surface area contributed by atoms with Gasteiger partial charge < -0.3 is 10.1 Å². The third-order valence-corrected chi connectivity index (χ3v) is 3.61. The van der Waals surface area contributed by atoms with E-state index in [4.69, 9.17) is 4.74 Å². The normalized spacial score (nSPS) is 12.2. The van der Waals surface area contributed by atoms with Crippen LogP contribution in [0.3, 0.4) is 0 Å². The van der Waals surface area contributed by atoms with Crippen LogP contribution in [-0.2, 0) is 0 Å². The molecule has 100 valence electrons. The summed E-state index contributed by atoms with van der Waals surface area (Å²) < 4.78 is 19.4. The minimum absolute atomic E-state index is 0.259. The Morgan fingerprint density at radius 2 is 1.74 bits per heavy atom. The first kappa shape index (κ1) is 14.0. The highest BCUT2D eigenvalue weighted by Gasteiger charge is 2.08. The van der Waals surface area contributed by atoms with E-state index in [9.17, 15) is 4.39 Å². The van der Waals surface area contributed by atoms with Crippen molar-refractivity contribution in [3.05, 3.63) is 58.3 Å². The van der Waals surface area contributed by atoms with Gasteiger partial charge in [0.25, 0.3) is 0 Å². The molecule has 4 heteroatoms. The molecule has 0 spiro atoms. The smallest absolute Gasteiger partial charge is 0.128 e. The van der Waals surface area contributed by atoms with Crippen molar-refractivity contribution in [2.24, 2.45) is 0 Å². The van der Waals surface area contributed by atoms with Crippen molar-refractivity contribution in [2.45, 2.75) is 13.0 Å². The Labute approximate surface area is 120 Å². The van der Waals surface area contributed by atoms with Crippen LogP contribution < -0.4 is 10.1 Å². The van der Waals surface area contributed by atoms with Crippen LogP contribution in [0.4, 0.5) is 4.39 Å². The fourth-order valence-electron chi connectivity index (χ4n) is 1.72. The fraction of sp³-hybridized carbons (Fsp3) is 0.200. The van der Waals surface area contributed by atoms with Crippen molar-refractivity contribution < 1.29 is 9.13 Å². The Bertz CT molecular complexity index is 557. The zero-order valence-corrected chi connectivity index (χ0v) is 12.4. The molecular weight excluding hydrogens is 309 g/mol. The van der Waals surface area contributed by atoms with Crippen LogP contribution >= 0.6 is 15.9 Å². The molecule has 0 heterocycles. The van der Waals surface area contributed by atoms with E-state index in [1.54, 1.807) is 12.1 Å². The molecule has 0 aliphatic carbocycles. The van der Waals surface area contributed by atoms with Crippen LogP contribution in [0, 0.1) is 5.82 Å². The van der Waals surface area contributed by atoms with Crippen molar-refractivity contribution >= 4 is 15.9 Å². The molecule has 0 saturated heterocycles. The zero-order valence-electron chi connectivity index (χ0n) is 10.8. The standard InChI is InChI=1S/C15H15BrFNO/c1-10(18-2)14-8-7-13(9-15(14)16)19-12-5-3-11(17)4-6-12/h3-10,18H,1-2H3. The van der Waals surface area contributed by atoms with Gasteiger partial charge >= 0.3 is 0 Å². The van der Waals surface area contributed by atoms with Crippen molar-refractivity contribution in [1.82, 2.24) is 5.32 Å². The molecule has 0 bridgehead atoms. The van der Waals surface area contributed by atoms with Gasteiger partial charge in [-0.2, -0.15) is 0 Å². The highest BCUT2D eigenvalue weighted by Crippen LogP contribution is 2.30. The maximum absolute atomic E-state index is 12.8. The van der Waals surface area contributed by atoms with Gasteiger partial charge in [-0.05, 0) is 55.9 Å². The summed E-state index contributed by atoms with van der Waals surface area (Å²) in [5, 5.41) is 3.18. The largest absolute Gasteiger partial charge is 0.457 e. The number of halogens is 2. The van der Waals surface area contributed by atoms with Gasteiger partial charge in [-0.15, -0.1) is 0 Å². The van der Waals surface area contributed by atoms with E-state index >= 15 is 0 Å². The van der Waals surface area contributed by atoms with Gasteiger partial charge in [-0.25, -0.2) is 4.39 Å². The topological polar surface area (TPSA) is 21.3 Å². The average molecular weight is 324 g/mol. The first-order valence-electron chi connectivity index (χ1n) is 6.00. The maximum atomic E-state index is 12.8. The molecule has 0 aliphatic heterocycles. The summed E-state index contributed by atoms with van der Waals surface area (Å²) in [6.07, 6.45) is 0. The number of hydrogen-bond acceptors (Lipinski definition) is 2. The molecule has 2 nitrogen and oxygen atoms in total. The second-order valence-electron chi connectivity index (χ2n) is 4.25. The van der Waals surface area contributed by atoms with E-state index < -0.39 is 0 Å². The Morgan fingerprint density at radius 1 is 1.11 bits per heavy atom. The van der Waals surface area contributed by atoms with Crippen molar-refractivity contribution in [2.75, 3.05) is 7.05 Å². The number of ether oxygens (including phenoxy) is 1.